The van der Waals surface area contributed by atoms with E-state index in [9.17, 15) is 5.26 Å². The first-order valence-corrected chi connectivity index (χ1v) is 12.0. The fourth-order valence-corrected chi connectivity index (χ4v) is 5.64. The Kier molecular flexibility index (Phi) is 6.27. The average Bonchev–Trinajstić information content (AvgIpc) is 3.54. The Morgan fingerprint density at radius 3 is 2.53 bits per heavy atom. The number of aromatic nitrogens is 4. The van der Waals surface area contributed by atoms with Crippen LogP contribution in [0.15, 0.2) is 54.6 Å². The molecule has 2 aromatic carbocycles. The molecule has 2 fully saturated rings. The molecule has 6 nitrogen and oxygen atoms in total. The Morgan fingerprint density at radius 1 is 1.00 bits per heavy atom. The van der Waals surface area contributed by atoms with E-state index in [1.165, 1.54) is 36.1 Å². The number of nitrogens with zero attached hydrogens (tertiary/aromatic N) is 5. The van der Waals surface area contributed by atoms with Gasteiger partial charge in [0.2, 0.25) is 5.82 Å². The van der Waals surface area contributed by atoms with Crippen LogP contribution in [0.4, 0.5) is 0 Å². The van der Waals surface area contributed by atoms with Crippen molar-refractivity contribution >= 4 is 0 Å². The van der Waals surface area contributed by atoms with Gasteiger partial charge in [-0.25, -0.2) is 4.68 Å². The van der Waals surface area contributed by atoms with E-state index in [4.69, 9.17) is 0 Å². The van der Waals surface area contributed by atoms with Gasteiger partial charge in [0.1, 0.15) is 0 Å². The van der Waals surface area contributed by atoms with Crippen molar-refractivity contribution in [2.75, 3.05) is 13.1 Å². The van der Waals surface area contributed by atoms with Crippen LogP contribution in [0.1, 0.15) is 73.1 Å². The summed E-state index contributed by atoms with van der Waals surface area (Å²) >= 11 is 0. The molecule has 1 saturated heterocycles. The molecule has 0 bridgehead atoms. The minimum absolute atomic E-state index is 0.0663. The van der Waals surface area contributed by atoms with Crippen LogP contribution < -0.4 is 4.90 Å². The number of hydrogen-bond acceptors (Lipinski definition) is 4. The summed E-state index contributed by atoms with van der Waals surface area (Å²) in [6.07, 6.45) is 8.34. The summed E-state index contributed by atoms with van der Waals surface area (Å²) in [4.78, 5) is 1.51. The monoisotopic (exact) mass is 427 g/mol. The van der Waals surface area contributed by atoms with E-state index in [1.54, 1.807) is 0 Å². The van der Waals surface area contributed by atoms with Crippen LogP contribution in [0.3, 0.4) is 0 Å². The number of rotatable bonds is 6. The molecule has 164 valence electrons. The Balaban J connectivity index is 1.40. The SMILES string of the molecule is N#Cc1cccc([C@@H](c2nnnn2C2CCCC2)[NH+]2CCC(Cc3ccccc3)CC2)c1. The fourth-order valence-electron chi connectivity index (χ4n) is 5.64. The van der Waals surface area contributed by atoms with Gasteiger partial charge in [-0.3, -0.25) is 0 Å². The predicted molar refractivity (Wildman–Crippen MR) is 122 cm³/mol. The van der Waals surface area contributed by atoms with Gasteiger partial charge < -0.3 is 4.90 Å². The van der Waals surface area contributed by atoms with Crippen LogP contribution in [0.2, 0.25) is 0 Å². The molecule has 5 rings (SSSR count). The second kappa shape index (κ2) is 9.62. The van der Waals surface area contributed by atoms with Crippen molar-refractivity contribution in [3.05, 3.63) is 77.1 Å². The molecule has 0 amide bonds. The third-order valence-electron chi connectivity index (χ3n) is 7.32. The Bertz CT molecular complexity index is 1060. The summed E-state index contributed by atoms with van der Waals surface area (Å²) in [6, 6.07) is 21.7. The maximum atomic E-state index is 9.48. The largest absolute Gasteiger partial charge is 0.322 e. The van der Waals surface area contributed by atoms with E-state index in [0.717, 1.165) is 49.7 Å². The Hall–Kier alpha value is -3.04. The van der Waals surface area contributed by atoms with Gasteiger partial charge in [-0.15, -0.1) is 5.10 Å². The number of likely N-dealkylation sites (tertiary alicyclic amines) is 1. The molecule has 1 aromatic heterocycles. The van der Waals surface area contributed by atoms with Crippen LogP contribution in [0, 0.1) is 17.2 Å². The molecule has 2 aliphatic rings. The topological polar surface area (TPSA) is 71.8 Å². The lowest BCUT2D eigenvalue weighted by Crippen LogP contribution is -3.13. The van der Waals surface area contributed by atoms with Crippen molar-refractivity contribution in [3.8, 4) is 6.07 Å². The van der Waals surface area contributed by atoms with E-state index in [2.05, 4.69) is 62.7 Å². The van der Waals surface area contributed by atoms with Crippen LogP contribution >= 0.6 is 0 Å². The first-order chi connectivity index (χ1) is 15.8. The lowest BCUT2D eigenvalue weighted by molar-refractivity contribution is -0.932. The minimum atomic E-state index is 0.0663. The third-order valence-corrected chi connectivity index (χ3v) is 7.32. The molecule has 0 radical (unpaired) electrons. The molecule has 0 unspecified atom stereocenters. The molecule has 0 spiro atoms. The van der Waals surface area contributed by atoms with Gasteiger partial charge in [-0.2, -0.15) is 5.26 Å². The highest BCUT2D eigenvalue weighted by molar-refractivity contribution is 5.35. The number of piperidine rings is 1. The second-order valence-corrected chi connectivity index (χ2v) is 9.38. The number of tetrazole rings is 1. The number of nitriles is 1. The van der Waals surface area contributed by atoms with E-state index in [-0.39, 0.29) is 6.04 Å². The standard InChI is InChI=1S/C26H30N6/c27-19-22-9-6-10-23(18-22)25(26-28-29-30-32(26)24-11-4-5-12-24)31-15-13-21(14-16-31)17-20-7-2-1-3-8-20/h1-3,6-10,18,21,24-25H,4-5,11-17H2/p+1/t25-/m0/s1. The number of nitrogens with one attached hydrogen (secondary N) is 1. The summed E-state index contributed by atoms with van der Waals surface area (Å²) < 4.78 is 2.10. The van der Waals surface area contributed by atoms with Crippen LogP contribution in [-0.4, -0.2) is 33.3 Å². The lowest BCUT2D eigenvalue weighted by Gasteiger charge is -2.34. The van der Waals surface area contributed by atoms with Crippen LogP contribution in [0.25, 0.3) is 0 Å². The highest BCUT2D eigenvalue weighted by Gasteiger charge is 2.36. The molecule has 1 N–H and O–H groups in total. The van der Waals surface area contributed by atoms with Crippen molar-refractivity contribution in [3.63, 3.8) is 0 Å². The fraction of sp³-hybridized carbons (Fsp3) is 0.462. The molecule has 6 heteroatoms. The molecular weight excluding hydrogens is 396 g/mol. The first kappa shape index (κ1) is 20.8. The third kappa shape index (κ3) is 4.44. The minimum Gasteiger partial charge on any atom is -0.322 e. The molecule has 2 heterocycles. The highest BCUT2D eigenvalue weighted by atomic mass is 15.6. The number of quaternary nitrogens is 1. The lowest BCUT2D eigenvalue weighted by atomic mass is 9.88. The molecule has 1 aliphatic heterocycles. The zero-order chi connectivity index (χ0) is 21.8. The van der Waals surface area contributed by atoms with Crippen molar-refractivity contribution in [1.29, 1.82) is 5.26 Å². The van der Waals surface area contributed by atoms with Gasteiger partial charge in [0.25, 0.3) is 0 Å². The van der Waals surface area contributed by atoms with Crippen LogP contribution in [-0.2, 0) is 6.42 Å². The molecular formula is C26H31N6+. The van der Waals surface area contributed by atoms with Gasteiger partial charge in [-0.1, -0.05) is 55.3 Å². The Morgan fingerprint density at radius 2 is 1.78 bits per heavy atom. The van der Waals surface area contributed by atoms with Crippen molar-refractivity contribution < 1.29 is 4.90 Å². The smallest absolute Gasteiger partial charge is 0.214 e. The maximum absolute atomic E-state index is 9.48. The predicted octanol–water partition coefficient (Wildman–Crippen LogP) is 3.29. The molecule has 3 aromatic rings. The molecule has 1 atom stereocenters. The normalized spacial score (nSPS) is 22.5. The van der Waals surface area contributed by atoms with Crippen molar-refractivity contribution in [1.82, 2.24) is 20.2 Å². The summed E-state index contributed by atoms with van der Waals surface area (Å²) in [5, 5.41) is 22.6. The van der Waals surface area contributed by atoms with E-state index in [0.29, 0.717) is 11.6 Å². The van der Waals surface area contributed by atoms with Crippen LogP contribution in [0.5, 0.6) is 0 Å². The van der Waals surface area contributed by atoms with Crippen molar-refractivity contribution in [2.45, 2.75) is 57.0 Å². The van der Waals surface area contributed by atoms with Gasteiger partial charge in [0.15, 0.2) is 6.04 Å². The van der Waals surface area contributed by atoms with Gasteiger partial charge in [0.05, 0.1) is 30.8 Å². The highest BCUT2D eigenvalue weighted by Crippen LogP contribution is 2.31. The summed E-state index contributed by atoms with van der Waals surface area (Å²) in [7, 11) is 0. The number of benzene rings is 2. The first-order valence-electron chi connectivity index (χ1n) is 12.0. The molecule has 1 saturated carbocycles. The molecule has 32 heavy (non-hydrogen) atoms. The summed E-state index contributed by atoms with van der Waals surface area (Å²) in [6.45, 7) is 2.19. The average molecular weight is 428 g/mol. The zero-order valence-corrected chi connectivity index (χ0v) is 18.5. The molecule has 1 aliphatic carbocycles. The zero-order valence-electron chi connectivity index (χ0n) is 18.5. The van der Waals surface area contributed by atoms with Crippen molar-refractivity contribution in [2.24, 2.45) is 5.92 Å². The van der Waals surface area contributed by atoms with Gasteiger partial charge >= 0.3 is 0 Å². The van der Waals surface area contributed by atoms with Gasteiger partial charge in [0, 0.05) is 5.56 Å². The quantitative estimate of drug-likeness (QED) is 0.655. The van der Waals surface area contributed by atoms with Gasteiger partial charge in [-0.05, 0) is 66.1 Å². The Labute approximate surface area is 189 Å². The summed E-state index contributed by atoms with van der Waals surface area (Å²) in [5.41, 5.74) is 3.28. The number of hydrogen-bond donors (Lipinski definition) is 1. The summed E-state index contributed by atoms with van der Waals surface area (Å²) in [5.74, 6) is 1.68. The van der Waals surface area contributed by atoms with E-state index < -0.39 is 0 Å². The maximum Gasteiger partial charge on any atom is 0.214 e. The van der Waals surface area contributed by atoms with E-state index >= 15 is 0 Å². The van der Waals surface area contributed by atoms with E-state index in [1.807, 2.05) is 18.2 Å². The second-order valence-electron chi connectivity index (χ2n) is 9.38.